The molecule has 10 nitrogen and oxygen atoms in total. The number of likely N-dealkylation sites (N-methyl/N-ethyl adjacent to an activating group) is 1. The third-order valence-corrected chi connectivity index (χ3v) is 6.39. The highest BCUT2D eigenvalue weighted by atomic mass is 16.5. The van der Waals surface area contributed by atoms with Crippen molar-refractivity contribution in [1.82, 2.24) is 15.4 Å². The molecule has 0 aliphatic carbocycles. The molecule has 10 heteroatoms. The second kappa shape index (κ2) is 10.5. The minimum Gasteiger partial charge on any atom is -0.489 e. The number of benzene rings is 2. The molecular formula is C26H28N4O6. The number of fused-ring (bicyclic) bond motifs is 1. The van der Waals surface area contributed by atoms with Gasteiger partial charge < -0.3 is 29.3 Å². The molecule has 2 atom stereocenters. The number of nitrogens with zero attached hydrogens (tertiary/aromatic N) is 3. The number of aromatic nitrogens is 1. The Morgan fingerprint density at radius 3 is 2.72 bits per heavy atom. The molecule has 2 aromatic carbocycles. The van der Waals surface area contributed by atoms with Crippen molar-refractivity contribution in [3.05, 3.63) is 77.2 Å². The molecule has 5 rings (SSSR count). The number of hydrogen-bond acceptors (Lipinski definition) is 8. The van der Waals surface area contributed by atoms with Gasteiger partial charge in [0.15, 0.2) is 5.69 Å². The number of morpholine rings is 1. The summed E-state index contributed by atoms with van der Waals surface area (Å²) in [5, 5.41) is 17.4. The molecule has 2 aliphatic rings. The minimum absolute atomic E-state index is 0.0397. The van der Waals surface area contributed by atoms with Gasteiger partial charge in [0.05, 0.1) is 18.9 Å². The number of aliphatic hydroxyl groups excluding tert-OH is 1. The Hall–Kier alpha value is -3.73. The fourth-order valence-electron chi connectivity index (χ4n) is 4.34. The van der Waals surface area contributed by atoms with Gasteiger partial charge in [-0.15, -0.1) is 0 Å². The van der Waals surface area contributed by atoms with Crippen LogP contribution in [0.3, 0.4) is 0 Å². The first kappa shape index (κ1) is 24.0. The van der Waals surface area contributed by atoms with Crippen molar-refractivity contribution in [2.75, 3.05) is 44.9 Å². The monoisotopic (exact) mass is 492 g/mol. The van der Waals surface area contributed by atoms with Crippen LogP contribution in [0.25, 0.3) is 0 Å². The molecule has 36 heavy (non-hydrogen) atoms. The predicted molar refractivity (Wildman–Crippen MR) is 130 cm³/mol. The van der Waals surface area contributed by atoms with Gasteiger partial charge in [0, 0.05) is 32.6 Å². The molecule has 1 fully saturated rings. The summed E-state index contributed by atoms with van der Waals surface area (Å²) in [6.07, 6.45) is -0.317. The molecule has 0 saturated carbocycles. The summed E-state index contributed by atoms with van der Waals surface area (Å²) in [6.45, 7) is 2.32. The van der Waals surface area contributed by atoms with E-state index in [0.717, 1.165) is 5.56 Å². The fraction of sp³-hybridized carbons (Fsp3) is 0.346. The van der Waals surface area contributed by atoms with Crippen LogP contribution in [0.4, 0.5) is 5.69 Å². The maximum atomic E-state index is 13.2. The lowest BCUT2D eigenvalue weighted by Crippen LogP contribution is -2.49. The van der Waals surface area contributed by atoms with E-state index >= 15 is 0 Å². The first-order valence-corrected chi connectivity index (χ1v) is 11.8. The van der Waals surface area contributed by atoms with E-state index in [-0.39, 0.29) is 18.2 Å². The van der Waals surface area contributed by atoms with Crippen molar-refractivity contribution in [1.29, 1.82) is 0 Å². The van der Waals surface area contributed by atoms with Gasteiger partial charge in [0.2, 0.25) is 0 Å². The molecule has 2 amide bonds. The van der Waals surface area contributed by atoms with Gasteiger partial charge in [-0.2, -0.15) is 0 Å². The minimum atomic E-state index is -0.920. The fourth-order valence-corrected chi connectivity index (χ4v) is 4.34. The van der Waals surface area contributed by atoms with Gasteiger partial charge in [0.1, 0.15) is 30.4 Å². The average molecular weight is 493 g/mol. The van der Waals surface area contributed by atoms with Crippen LogP contribution in [0, 0.1) is 0 Å². The molecule has 0 radical (unpaired) electrons. The summed E-state index contributed by atoms with van der Waals surface area (Å²) >= 11 is 0. The van der Waals surface area contributed by atoms with E-state index < -0.39 is 18.2 Å². The Balaban J connectivity index is 1.26. The Morgan fingerprint density at radius 1 is 1.17 bits per heavy atom. The number of rotatable bonds is 6. The highest BCUT2D eigenvalue weighted by molar-refractivity contribution is 6.02. The van der Waals surface area contributed by atoms with Crippen molar-refractivity contribution >= 4 is 17.5 Å². The van der Waals surface area contributed by atoms with Crippen LogP contribution in [-0.4, -0.2) is 73.0 Å². The van der Waals surface area contributed by atoms with E-state index in [2.05, 4.69) is 10.5 Å². The molecular weight excluding hydrogens is 464 g/mol. The highest BCUT2D eigenvalue weighted by Gasteiger charge is 2.32. The van der Waals surface area contributed by atoms with Crippen LogP contribution < -0.4 is 15.0 Å². The largest absolute Gasteiger partial charge is 0.489 e. The van der Waals surface area contributed by atoms with E-state index in [1.165, 1.54) is 4.90 Å². The van der Waals surface area contributed by atoms with E-state index in [4.69, 9.17) is 14.0 Å². The highest BCUT2D eigenvalue weighted by Crippen LogP contribution is 2.34. The van der Waals surface area contributed by atoms with Crippen molar-refractivity contribution in [3.8, 4) is 5.75 Å². The topological polar surface area (TPSA) is 117 Å². The maximum absolute atomic E-state index is 13.2. The first-order chi connectivity index (χ1) is 17.5. The second-order valence-corrected chi connectivity index (χ2v) is 8.82. The smallest absolute Gasteiger partial charge is 0.274 e. The van der Waals surface area contributed by atoms with Crippen LogP contribution in [0.5, 0.6) is 5.75 Å². The zero-order valence-electron chi connectivity index (χ0n) is 19.9. The number of anilines is 1. The van der Waals surface area contributed by atoms with Crippen molar-refractivity contribution in [2.45, 2.75) is 18.7 Å². The maximum Gasteiger partial charge on any atom is 0.274 e. The van der Waals surface area contributed by atoms with Gasteiger partial charge >= 0.3 is 0 Å². The third-order valence-electron chi connectivity index (χ3n) is 6.39. The third kappa shape index (κ3) is 5.11. The molecule has 0 spiro atoms. The van der Waals surface area contributed by atoms with Crippen molar-refractivity contribution < 1.29 is 28.7 Å². The molecule has 188 valence electrons. The number of ether oxygens (including phenoxy) is 2. The molecule has 1 aromatic heterocycles. The normalized spacial score (nSPS) is 19.2. The lowest BCUT2D eigenvalue weighted by atomic mass is 10.1. The standard InChI is InChI=1S/C26H28N4O6/c1-29-22-14-18(25(32)30-9-11-34-12-10-30)7-8-23(22)35-16-21(26(29)33)27-24(31)20-15-19(36-28-20)13-17-5-3-2-4-6-17/h2-8,14-15,21,25,32H,9-13,16H2,1H3,(H,27,31)/t21-,25?/m0/s1. The number of hydrogen-bond donors (Lipinski definition) is 2. The Labute approximate surface area is 208 Å². The SMILES string of the molecule is CN1C(=O)[C@@H](NC(=O)c2cc(Cc3ccccc3)on2)COc2ccc(C(O)N3CCOCC3)cc21. The molecule has 1 saturated heterocycles. The van der Waals surface area contributed by atoms with Crippen LogP contribution in [0.2, 0.25) is 0 Å². The summed E-state index contributed by atoms with van der Waals surface area (Å²) in [7, 11) is 1.62. The van der Waals surface area contributed by atoms with E-state index in [9.17, 15) is 14.7 Å². The quantitative estimate of drug-likeness (QED) is 0.535. The van der Waals surface area contributed by atoms with Crippen LogP contribution in [-0.2, 0) is 16.0 Å². The predicted octanol–water partition coefficient (Wildman–Crippen LogP) is 1.74. The lowest BCUT2D eigenvalue weighted by Gasteiger charge is -2.31. The van der Waals surface area contributed by atoms with Gasteiger partial charge in [-0.3, -0.25) is 14.5 Å². The number of aliphatic hydroxyl groups is 1. The van der Waals surface area contributed by atoms with Crippen molar-refractivity contribution in [3.63, 3.8) is 0 Å². The van der Waals surface area contributed by atoms with Crippen LogP contribution in [0.1, 0.15) is 33.6 Å². The van der Waals surface area contributed by atoms with E-state index in [1.807, 2.05) is 35.2 Å². The summed E-state index contributed by atoms with van der Waals surface area (Å²) in [5.74, 6) is 0.175. The Morgan fingerprint density at radius 2 is 1.94 bits per heavy atom. The molecule has 0 bridgehead atoms. The number of carbonyl (C=O) groups is 2. The number of nitrogens with one attached hydrogen (secondary N) is 1. The van der Waals surface area contributed by atoms with E-state index in [1.54, 1.807) is 31.3 Å². The average Bonchev–Trinajstić information content (AvgIpc) is 3.35. The zero-order chi connectivity index (χ0) is 25.1. The number of amides is 2. The Bertz CT molecular complexity index is 1220. The van der Waals surface area contributed by atoms with Gasteiger partial charge in [-0.25, -0.2) is 0 Å². The van der Waals surface area contributed by atoms with Crippen LogP contribution >= 0.6 is 0 Å². The van der Waals surface area contributed by atoms with Crippen LogP contribution in [0.15, 0.2) is 59.1 Å². The summed E-state index contributed by atoms with van der Waals surface area (Å²) in [4.78, 5) is 29.4. The molecule has 2 N–H and O–H groups in total. The number of carbonyl (C=O) groups excluding carboxylic acids is 2. The van der Waals surface area contributed by atoms with Gasteiger partial charge in [-0.1, -0.05) is 41.6 Å². The zero-order valence-corrected chi connectivity index (χ0v) is 19.9. The van der Waals surface area contributed by atoms with E-state index in [0.29, 0.717) is 55.5 Å². The van der Waals surface area contributed by atoms with Gasteiger partial charge in [-0.05, 0) is 23.3 Å². The molecule has 2 aliphatic heterocycles. The second-order valence-electron chi connectivity index (χ2n) is 8.82. The summed E-state index contributed by atoms with van der Waals surface area (Å²) in [6, 6.07) is 15.6. The van der Waals surface area contributed by atoms with Crippen molar-refractivity contribution in [2.24, 2.45) is 0 Å². The molecule has 3 heterocycles. The molecule has 1 unspecified atom stereocenters. The summed E-state index contributed by atoms with van der Waals surface area (Å²) in [5.41, 5.74) is 2.29. The summed E-state index contributed by atoms with van der Waals surface area (Å²) < 4.78 is 16.5. The Kier molecular flexibility index (Phi) is 6.99. The van der Waals surface area contributed by atoms with Gasteiger partial charge in [0.25, 0.3) is 11.8 Å². The lowest BCUT2D eigenvalue weighted by molar-refractivity contribution is -0.120. The molecule has 3 aromatic rings. The first-order valence-electron chi connectivity index (χ1n) is 11.8.